The number of alkyl halides is 1. The fourth-order valence-corrected chi connectivity index (χ4v) is 7.75. The molecular formula is C36H52ClIN10O3S2. The van der Waals surface area contributed by atoms with Crippen molar-refractivity contribution < 1.29 is 14.7 Å². The molecule has 13 nitrogen and oxygen atoms in total. The van der Waals surface area contributed by atoms with Crippen molar-refractivity contribution in [2.75, 3.05) is 80.2 Å². The van der Waals surface area contributed by atoms with Crippen LogP contribution >= 0.6 is 56.9 Å². The van der Waals surface area contributed by atoms with Gasteiger partial charge >= 0.3 is 5.97 Å². The minimum atomic E-state index is -0.937. The van der Waals surface area contributed by atoms with E-state index < -0.39 is 11.2 Å². The van der Waals surface area contributed by atoms with Gasteiger partial charge in [-0.1, -0.05) is 43.9 Å². The topological polar surface area (TPSA) is 145 Å². The van der Waals surface area contributed by atoms with Crippen LogP contribution in [0.3, 0.4) is 0 Å². The lowest BCUT2D eigenvalue weighted by Gasteiger charge is -2.35. The Morgan fingerprint density at radius 1 is 0.717 bits per heavy atom. The fourth-order valence-electron chi connectivity index (χ4n) is 6.05. The summed E-state index contributed by atoms with van der Waals surface area (Å²) in [4.78, 5) is 61.1. The van der Waals surface area contributed by atoms with Gasteiger partial charge in [-0.25, -0.2) is 34.7 Å². The molecule has 0 aromatic carbocycles. The molecule has 0 radical (unpaired) electrons. The van der Waals surface area contributed by atoms with Crippen LogP contribution in [-0.4, -0.2) is 126 Å². The number of aryl methyl sites for hydroxylation is 2. The van der Waals surface area contributed by atoms with E-state index in [9.17, 15) is 9.59 Å². The van der Waals surface area contributed by atoms with Gasteiger partial charge in [0.15, 0.2) is 0 Å². The number of halogens is 2. The number of hydrogen-bond acceptors (Lipinski definition) is 14. The third-order valence-electron chi connectivity index (χ3n) is 8.40. The van der Waals surface area contributed by atoms with E-state index in [2.05, 4.69) is 85.9 Å². The van der Waals surface area contributed by atoms with Crippen molar-refractivity contribution in [3.05, 3.63) is 67.3 Å². The van der Waals surface area contributed by atoms with Gasteiger partial charge in [0.2, 0.25) is 0 Å². The first-order valence-electron chi connectivity index (χ1n) is 17.4. The average Bonchev–Trinajstić information content (AvgIpc) is 3.80. The Bertz CT molecular complexity index is 1620. The third-order valence-corrected chi connectivity index (χ3v) is 10.7. The standard InChI is InChI=1S/C17H22ClN5OS.C17H23N5O2S.CH3I.CH4/c1-3-4-22-5-7-23(8-6-22)15-9-13(20-12(2)21-15)10-16-19-11-14(25-16)17(18)24;1-3-4-21-5-7-22(8-6-21)15-9-13(19-12(2)20-15)10-16-18-11-14(25-16)17(23)24;1-2;/h9,11H,3-8,10H2,1-2H3;9,11H,3-8,10H2,1-2H3,(H,23,24);1H3;1H4. The molecule has 1 N–H and O–H groups in total. The van der Waals surface area contributed by atoms with Crippen molar-refractivity contribution >= 4 is 79.7 Å². The van der Waals surface area contributed by atoms with Crippen molar-refractivity contribution in [3.63, 3.8) is 0 Å². The lowest BCUT2D eigenvalue weighted by molar-refractivity contribution is 0.0701. The predicted molar refractivity (Wildman–Crippen MR) is 225 cm³/mol. The Kier molecular flexibility index (Phi) is 18.9. The van der Waals surface area contributed by atoms with Crippen LogP contribution in [0.15, 0.2) is 24.5 Å². The molecule has 2 aliphatic rings. The second-order valence-electron chi connectivity index (χ2n) is 12.4. The Balaban J connectivity index is 0.000000268. The van der Waals surface area contributed by atoms with Crippen molar-refractivity contribution in [2.45, 2.75) is 60.8 Å². The normalized spacial score (nSPS) is 14.8. The maximum Gasteiger partial charge on any atom is 0.347 e. The molecule has 0 saturated carbocycles. The van der Waals surface area contributed by atoms with Crippen LogP contribution in [0.1, 0.15) is 86.5 Å². The first-order chi connectivity index (χ1) is 25.1. The molecule has 6 rings (SSSR count). The van der Waals surface area contributed by atoms with E-state index in [1.807, 2.05) is 30.9 Å². The molecule has 2 saturated heterocycles. The number of nitrogens with zero attached hydrogens (tertiary/aromatic N) is 10. The van der Waals surface area contributed by atoms with Crippen molar-refractivity contribution in [1.29, 1.82) is 0 Å². The van der Waals surface area contributed by atoms with Crippen molar-refractivity contribution in [3.8, 4) is 0 Å². The molecule has 0 spiro atoms. The van der Waals surface area contributed by atoms with Gasteiger partial charge in [0.1, 0.15) is 33.0 Å². The zero-order chi connectivity index (χ0) is 37.6. The number of anilines is 2. The Morgan fingerprint density at radius 2 is 1.11 bits per heavy atom. The van der Waals surface area contributed by atoms with Gasteiger partial charge in [0, 0.05) is 77.3 Å². The fraction of sp³-hybridized carbons (Fsp3) is 0.556. The minimum Gasteiger partial charge on any atom is -0.477 e. The van der Waals surface area contributed by atoms with Crippen LogP contribution in [0.25, 0.3) is 0 Å². The molecule has 53 heavy (non-hydrogen) atoms. The maximum atomic E-state index is 11.2. The Hall–Kier alpha value is -2.90. The SMILES string of the molecule is C.CCCN1CCN(c2cc(Cc3ncc(C(=O)Cl)s3)nc(C)n2)CC1.CCCN1CCN(c2cc(Cc3ncc(C(=O)O)s3)nc(C)n2)CC1.CI. The van der Waals surface area contributed by atoms with E-state index in [0.717, 1.165) is 110 Å². The molecule has 4 aromatic heterocycles. The highest BCUT2D eigenvalue weighted by atomic mass is 127. The van der Waals surface area contributed by atoms with E-state index in [-0.39, 0.29) is 12.3 Å². The first kappa shape index (κ1) is 44.5. The van der Waals surface area contributed by atoms with Gasteiger partial charge in [-0.05, 0) is 56.3 Å². The molecular weight excluding hydrogens is 847 g/mol. The molecule has 2 aliphatic heterocycles. The number of carboxylic acid groups (broad SMARTS) is 1. The Morgan fingerprint density at radius 3 is 1.45 bits per heavy atom. The molecule has 17 heteroatoms. The zero-order valence-corrected chi connectivity index (χ0v) is 35.1. The number of carbonyl (C=O) groups excluding carboxylic acids is 1. The summed E-state index contributed by atoms with van der Waals surface area (Å²) in [5.74, 6) is 2.48. The second kappa shape index (κ2) is 22.5. The van der Waals surface area contributed by atoms with Gasteiger partial charge in [0.05, 0.1) is 33.8 Å². The average molecular weight is 899 g/mol. The minimum absolute atomic E-state index is 0. The van der Waals surface area contributed by atoms with E-state index in [1.165, 1.54) is 47.9 Å². The monoisotopic (exact) mass is 898 g/mol. The maximum absolute atomic E-state index is 11.2. The zero-order valence-electron chi connectivity index (χ0n) is 30.5. The Labute approximate surface area is 340 Å². The van der Waals surface area contributed by atoms with Crippen LogP contribution in [0.5, 0.6) is 0 Å². The number of hydrogen-bond donors (Lipinski definition) is 1. The molecule has 0 amide bonds. The quantitative estimate of drug-likeness (QED) is 0.0941. The number of piperazine rings is 2. The molecule has 0 aliphatic carbocycles. The first-order valence-corrected chi connectivity index (χ1v) is 21.6. The van der Waals surface area contributed by atoms with Crippen LogP contribution in [0.2, 0.25) is 0 Å². The van der Waals surface area contributed by atoms with Crippen LogP contribution in [0.4, 0.5) is 11.6 Å². The molecule has 4 aromatic rings. The summed E-state index contributed by atoms with van der Waals surface area (Å²) in [5.41, 5.74) is 1.80. The lowest BCUT2D eigenvalue weighted by Crippen LogP contribution is -2.46. The summed E-state index contributed by atoms with van der Waals surface area (Å²) >= 11 is 10.2. The largest absolute Gasteiger partial charge is 0.477 e. The van der Waals surface area contributed by atoms with Crippen LogP contribution < -0.4 is 9.80 Å². The molecule has 0 atom stereocenters. The summed E-state index contributed by atoms with van der Waals surface area (Å²) in [6, 6.07) is 4.04. The van der Waals surface area contributed by atoms with Crippen molar-refractivity contribution in [2.24, 2.45) is 0 Å². The number of carbonyl (C=O) groups is 2. The number of rotatable bonds is 12. The summed E-state index contributed by atoms with van der Waals surface area (Å²) in [7, 11) is 0. The van der Waals surface area contributed by atoms with E-state index in [1.54, 1.807) is 0 Å². The highest BCUT2D eigenvalue weighted by molar-refractivity contribution is 14.1. The number of aromatic nitrogens is 6. The van der Waals surface area contributed by atoms with Gasteiger partial charge in [-0.2, -0.15) is 0 Å². The van der Waals surface area contributed by atoms with Gasteiger partial charge < -0.3 is 14.9 Å². The molecule has 2 fully saturated rings. The predicted octanol–water partition coefficient (Wildman–Crippen LogP) is 6.49. The van der Waals surface area contributed by atoms with Gasteiger partial charge in [-0.3, -0.25) is 14.6 Å². The highest BCUT2D eigenvalue weighted by Gasteiger charge is 2.20. The summed E-state index contributed by atoms with van der Waals surface area (Å²) in [6.07, 6.45) is 6.42. The van der Waals surface area contributed by atoms with E-state index >= 15 is 0 Å². The third kappa shape index (κ3) is 13.7. The van der Waals surface area contributed by atoms with Gasteiger partial charge in [0.25, 0.3) is 5.24 Å². The number of aromatic carboxylic acids is 1. The summed E-state index contributed by atoms with van der Waals surface area (Å²) in [6.45, 7) is 18.7. The summed E-state index contributed by atoms with van der Waals surface area (Å²) in [5, 5.41) is 10.1. The molecule has 290 valence electrons. The van der Waals surface area contributed by atoms with Crippen LogP contribution in [0, 0.1) is 13.8 Å². The smallest absolute Gasteiger partial charge is 0.347 e. The number of carboxylic acids is 1. The second-order valence-corrected chi connectivity index (χ2v) is 14.9. The van der Waals surface area contributed by atoms with E-state index in [4.69, 9.17) is 16.7 Å². The highest BCUT2D eigenvalue weighted by Crippen LogP contribution is 2.22. The number of thiazole rings is 2. The lowest BCUT2D eigenvalue weighted by atomic mass is 10.2. The van der Waals surface area contributed by atoms with E-state index in [0.29, 0.717) is 17.7 Å². The summed E-state index contributed by atoms with van der Waals surface area (Å²) < 4.78 is 0. The van der Waals surface area contributed by atoms with Gasteiger partial charge in [-0.15, -0.1) is 22.7 Å². The van der Waals surface area contributed by atoms with Crippen LogP contribution in [-0.2, 0) is 12.8 Å². The molecule has 0 bridgehead atoms. The molecule has 0 unspecified atom stereocenters. The molecule has 6 heterocycles. The van der Waals surface area contributed by atoms with Crippen molar-refractivity contribution in [1.82, 2.24) is 39.7 Å².